The van der Waals surface area contributed by atoms with Crippen LogP contribution in [0.15, 0.2) is 46.9 Å². The number of benzene rings is 2. The van der Waals surface area contributed by atoms with Crippen molar-refractivity contribution >= 4 is 27.5 Å². The molecule has 4 heteroatoms. The molecule has 0 aliphatic rings. The minimum Gasteiger partial charge on any atom is -0.497 e. The van der Waals surface area contributed by atoms with Crippen molar-refractivity contribution in [1.29, 1.82) is 0 Å². The molecule has 19 heavy (non-hydrogen) atoms. The van der Waals surface area contributed by atoms with Gasteiger partial charge in [-0.05, 0) is 35.4 Å². The van der Waals surface area contributed by atoms with Crippen molar-refractivity contribution in [2.24, 2.45) is 0 Å². The average Bonchev–Trinajstić information content (AvgIpc) is 2.38. The normalized spacial score (nSPS) is 12.2. The first-order chi connectivity index (χ1) is 9.10. The van der Waals surface area contributed by atoms with Crippen LogP contribution in [0.1, 0.15) is 17.2 Å². The van der Waals surface area contributed by atoms with Gasteiger partial charge in [0.15, 0.2) is 0 Å². The van der Waals surface area contributed by atoms with Gasteiger partial charge >= 0.3 is 0 Å². The van der Waals surface area contributed by atoms with Crippen molar-refractivity contribution in [2.75, 3.05) is 7.11 Å². The summed E-state index contributed by atoms with van der Waals surface area (Å²) in [5.41, 5.74) is 1.84. The van der Waals surface area contributed by atoms with Gasteiger partial charge in [0.05, 0.1) is 13.2 Å². The number of hydrogen-bond donors (Lipinski definition) is 1. The molecule has 1 unspecified atom stereocenters. The highest BCUT2D eigenvalue weighted by Crippen LogP contribution is 2.29. The van der Waals surface area contributed by atoms with E-state index in [1.165, 1.54) is 0 Å². The summed E-state index contributed by atoms with van der Waals surface area (Å²) >= 11 is 9.39. The van der Waals surface area contributed by atoms with E-state index in [1.807, 2.05) is 42.5 Å². The molecule has 2 aromatic rings. The molecule has 0 saturated heterocycles. The molecule has 0 bridgehead atoms. The van der Waals surface area contributed by atoms with Crippen LogP contribution >= 0.6 is 27.5 Å². The van der Waals surface area contributed by atoms with Gasteiger partial charge in [0.2, 0.25) is 0 Å². The molecular weight excluding hydrogens is 328 g/mol. The Kier molecular flexibility index (Phi) is 4.86. The zero-order valence-corrected chi connectivity index (χ0v) is 12.8. The fourth-order valence-corrected chi connectivity index (χ4v) is 2.74. The second-order valence-corrected chi connectivity index (χ2v) is 5.53. The first kappa shape index (κ1) is 14.4. The zero-order chi connectivity index (χ0) is 13.8. The topological polar surface area (TPSA) is 29.5 Å². The van der Waals surface area contributed by atoms with E-state index in [2.05, 4.69) is 15.9 Å². The summed E-state index contributed by atoms with van der Waals surface area (Å²) in [6.45, 7) is 0. The summed E-state index contributed by atoms with van der Waals surface area (Å²) < 4.78 is 5.97. The van der Waals surface area contributed by atoms with Crippen LogP contribution in [0, 0.1) is 0 Å². The second-order valence-electron chi connectivity index (χ2n) is 4.24. The van der Waals surface area contributed by atoms with E-state index in [0.29, 0.717) is 11.4 Å². The van der Waals surface area contributed by atoms with Crippen molar-refractivity contribution in [3.05, 3.63) is 63.1 Å². The lowest BCUT2D eigenvalue weighted by molar-refractivity contribution is 0.177. The minimum atomic E-state index is -0.584. The molecule has 2 rings (SSSR count). The Morgan fingerprint density at radius 3 is 2.68 bits per heavy atom. The Morgan fingerprint density at radius 1 is 1.26 bits per heavy atom. The molecular formula is C15H14BrClO2. The van der Waals surface area contributed by atoms with E-state index in [1.54, 1.807) is 7.11 Å². The molecule has 0 aliphatic carbocycles. The third-order valence-corrected chi connectivity index (χ3v) is 3.81. The van der Waals surface area contributed by atoms with Gasteiger partial charge in [-0.15, -0.1) is 0 Å². The van der Waals surface area contributed by atoms with Crippen LogP contribution in [0.5, 0.6) is 5.75 Å². The highest BCUT2D eigenvalue weighted by atomic mass is 79.9. The number of ether oxygens (including phenoxy) is 1. The summed E-state index contributed by atoms with van der Waals surface area (Å²) in [4.78, 5) is 0. The molecule has 2 aromatic carbocycles. The lowest BCUT2D eigenvalue weighted by Crippen LogP contribution is -2.03. The van der Waals surface area contributed by atoms with Gasteiger partial charge in [0.1, 0.15) is 5.75 Å². The Labute approximate surface area is 126 Å². The summed E-state index contributed by atoms with van der Waals surface area (Å²) in [5, 5.41) is 11.0. The first-order valence-electron chi connectivity index (χ1n) is 5.86. The van der Waals surface area contributed by atoms with E-state index < -0.39 is 6.10 Å². The number of aliphatic hydroxyl groups excluding tert-OH is 1. The maximum Gasteiger partial charge on any atom is 0.120 e. The predicted octanol–water partition coefficient (Wildman–Crippen LogP) is 4.39. The molecule has 0 heterocycles. The van der Waals surface area contributed by atoms with Crippen molar-refractivity contribution in [3.63, 3.8) is 0 Å². The molecule has 0 fully saturated rings. The largest absolute Gasteiger partial charge is 0.497 e. The Hall–Kier alpha value is -1.03. The molecule has 1 N–H and O–H groups in total. The molecule has 2 nitrogen and oxygen atoms in total. The van der Waals surface area contributed by atoms with Gasteiger partial charge < -0.3 is 9.84 Å². The van der Waals surface area contributed by atoms with Gasteiger partial charge in [-0.3, -0.25) is 0 Å². The van der Waals surface area contributed by atoms with E-state index in [9.17, 15) is 5.11 Å². The SMILES string of the molecule is COc1ccc(C(O)Cc2cccc(Cl)c2)c(Br)c1. The van der Waals surface area contributed by atoms with Gasteiger partial charge in [0, 0.05) is 15.9 Å². The number of hydrogen-bond acceptors (Lipinski definition) is 2. The second kappa shape index (κ2) is 6.42. The van der Waals surface area contributed by atoms with Crippen LogP contribution in [0.3, 0.4) is 0 Å². The van der Waals surface area contributed by atoms with Crippen molar-refractivity contribution in [3.8, 4) is 5.75 Å². The highest BCUT2D eigenvalue weighted by molar-refractivity contribution is 9.10. The average molecular weight is 342 g/mol. The van der Waals surface area contributed by atoms with Gasteiger partial charge in [-0.25, -0.2) is 0 Å². The zero-order valence-electron chi connectivity index (χ0n) is 10.4. The van der Waals surface area contributed by atoms with Crippen LogP contribution in [0.25, 0.3) is 0 Å². The molecule has 0 saturated carbocycles. The molecule has 100 valence electrons. The van der Waals surface area contributed by atoms with Crippen molar-refractivity contribution in [2.45, 2.75) is 12.5 Å². The predicted molar refractivity (Wildman–Crippen MR) is 80.8 cm³/mol. The number of rotatable bonds is 4. The Balaban J connectivity index is 2.18. The van der Waals surface area contributed by atoms with Crippen LogP contribution in [-0.4, -0.2) is 12.2 Å². The van der Waals surface area contributed by atoms with Crippen LogP contribution in [0.4, 0.5) is 0 Å². The lowest BCUT2D eigenvalue weighted by Gasteiger charge is -2.14. The number of halogens is 2. The minimum absolute atomic E-state index is 0.519. The van der Waals surface area contributed by atoms with E-state index in [4.69, 9.17) is 16.3 Å². The maximum absolute atomic E-state index is 10.3. The smallest absolute Gasteiger partial charge is 0.120 e. The molecule has 0 radical (unpaired) electrons. The van der Waals surface area contributed by atoms with Gasteiger partial charge in [-0.1, -0.05) is 45.7 Å². The fourth-order valence-electron chi connectivity index (χ4n) is 1.90. The molecule has 0 spiro atoms. The fraction of sp³-hybridized carbons (Fsp3) is 0.200. The summed E-state index contributed by atoms with van der Waals surface area (Å²) in [6, 6.07) is 13.1. The first-order valence-corrected chi connectivity index (χ1v) is 7.03. The Bertz CT molecular complexity index is 572. The summed E-state index contributed by atoms with van der Waals surface area (Å²) in [7, 11) is 1.61. The van der Waals surface area contributed by atoms with Crippen LogP contribution < -0.4 is 4.74 Å². The highest BCUT2D eigenvalue weighted by Gasteiger charge is 2.13. The number of aliphatic hydroxyl groups is 1. The quantitative estimate of drug-likeness (QED) is 0.894. The van der Waals surface area contributed by atoms with Crippen LogP contribution in [0.2, 0.25) is 5.02 Å². The number of methoxy groups -OCH3 is 1. The maximum atomic E-state index is 10.3. The summed E-state index contributed by atoms with van der Waals surface area (Å²) in [5.74, 6) is 0.755. The molecule has 0 aliphatic heterocycles. The molecule has 0 aromatic heterocycles. The third-order valence-electron chi connectivity index (χ3n) is 2.88. The van der Waals surface area contributed by atoms with Crippen molar-refractivity contribution in [1.82, 2.24) is 0 Å². The standard InChI is InChI=1S/C15H14BrClO2/c1-19-12-5-6-13(14(16)9-12)15(18)8-10-3-2-4-11(17)7-10/h2-7,9,15,18H,8H2,1H3. The molecule has 1 atom stereocenters. The van der Waals surface area contributed by atoms with E-state index in [-0.39, 0.29) is 0 Å². The van der Waals surface area contributed by atoms with Crippen molar-refractivity contribution < 1.29 is 9.84 Å². The monoisotopic (exact) mass is 340 g/mol. The van der Waals surface area contributed by atoms with Crippen LogP contribution in [-0.2, 0) is 6.42 Å². The summed E-state index contributed by atoms with van der Waals surface area (Å²) in [6.07, 6.45) is -0.0652. The molecule has 0 amide bonds. The van der Waals surface area contributed by atoms with Gasteiger partial charge in [-0.2, -0.15) is 0 Å². The van der Waals surface area contributed by atoms with E-state index >= 15 is 0 Å². The lowest BCUT2D eigenvalue weighted by atomic mass is 10.0. The Morgan fingerprint density at radius 2 is 2.05 bits per heavy atom. The van der Waals surface area contributed by atoms with Gasteiger partial charge in [0.25, 0.3) is 0 Å². The third kappa shape index (κ3) is 3.72. The van der Waals surface area contributed by atoms with E-state index in [0.717, 1.165) is 21.3 Å².